The molecule has 0 aliphatic carbocycles. The molecule has 2 heterocycles. The van der Waals surface area contributed by atoms with Gasteiger partial charge in [0.2, 0.25) is 0 Å². The normalized spacial score (nSPS) is 11.8. The van der Waals surface area contributed by atoms with E-state index in [1.807, 2.05) is 4.57 Å². The Morgan fingerprint density at radius 1 is 1.32 bits per heavy atom. The standard InChI is InChI=1S/C18H15ClF3NO4S/c1-9-11(5-16(24)25)12-4-15(26-2)13(19)6-14(12)23(9)7-10-3-17(28-8-10)27-18(20,21)22/h3-4,6,8H,5,7H2,1-2H3,(H,24,25). The van der Waals surface area contributed by atoms with Crippen molar-refractivity contribution in [2.24, 2.45) is 0 Å². The highest BCUT2D eigenvalue weighted by Crippen LogP contribution is 2.36. The van der Waals surface area contributed by atoms with Crippen LogP contribution in [0.4, 0.5) is 13.2 Å². The van der Waals surface area contributed by atoms with E-state index in [1.54, 1.807) is 24.4 Å². The minimum absolute atomic E-state index is 0.202. The van der Waals surface area contributed by atoms with Crippen molar-refractivity contribution in [1.29, 1.82) is 0 Å². The maximum absolute atomic E-state index is 12.4. The summed E-state index contributed by atoms with van der Waals surface area (Å²) in [7, 11) is 1.46. The zero-order valence-corrected chi connectivity index (χ0v) is 16.3. The second kappa shape index (κ2) is 7.56. The predicted molar refractivity (Wildman–Crippen MR) is 99.7 cm³/mol. The highest BCUT2D eigenvalue weighted by Gasteiger charge is 2.31. The fourth-order valence-corrected chi connectivity index (χ4v) is 4.07. The highest BCUT2D eigenvalue weighted by molar-refractivity contribution is 7.12. The quantitative estimate of drug-likeness (QED) is 0.577. The van der Waals surface area contributed by atoms with Crippen molar-refractivity contribution in [1.82, 2.24) is 4.57 Å². The number of carboxylic acid groups (broad SMARTS) is 1. The van der Waals surface area contributed by atoms with Crippen LogP contribution in [0.3, 0.4) is 0 Å². The second-order valence-electron chi connectivity index (χ2n) is 6.05. The van der Waals surface area contributed by atoms with Crippen LogP contribution in [0.25, 0.3) is 10.9 Å². The molecule has 0 amide bonds. The average molecular weight is 434 g/mol. The molecule has 28 heavy (non-hydrogen) atoms. The first-order chi connectivity index (χ1) is 13.1. The molecule has 0 radical (unpaired) electrons. The van der Waals surface area contributed by atoms with Crippen LogP contribution >= 0.6 is 22.9 Å². The lowest BCUT2D eigenvalue weighted by molar-refractivity contribution is -0.273. The molecule has 0 bridgehead atoms. The number of ether oxygens (including phenoxy) is 2. The molecular weight excluding hydrogens is 419 g/mol. The lowest BCUT2D eigenvalue weighted by Gasteiger charge is -2.09. The van der Waals surface area contributed by atoms with Crippen molar-refractivity contribution in [2.75, 3.05) is 7.11 Å². The van der Waals surface area contributed by atoms with Crippen LogP contribution in [0, 0.1) is 6.92 Å². The van der Waals surface area contributed by atoms with Crippen LogP contribution in [-0.2, 0) is 17.8 Å². The first-order valence-corrected chi connectivity index (χ1v) is 9.25. The van der Waals surface area contributed by atoms with Gasteiger partial charge in [-0.15, -0.1) is 24.5 Å². The third kappa shape index (κ3) is 4.20. The Bertz CT molecular complexity index is 1040. The van der Waals surface area contributed by atoms with Crippen LogP contribution in [0.2, 0.25) is 5.02 Å². The Labute approximate surface area is 166 Å². The van der Waals surface area contributed by atoms with Gasteiger partial charge in [-0.1, -0.05) is 11.6 Å². The highest BCUT2D eigenvalue weighted by atomic mass is 35.5. The molecule has 0 aliphatic rings. The van der Waals surface area contributed by atoms with E-state index in [0.717, 1.165) is 11.3 Å². The molecule has 0 saturated heterocycles. The van der Waals surface area contributed by atoms with Gasteiger partial charge in [0.25, 0.3) is 0 Å². The molecule has 5 nitrogen and oxygen atoms in total. The first kappa shape index (κ1) is 20.3. The molecule has 2 aromatic heterocycles. The van der Waals surface area contributed by atoms with E-state index in [-0.39, 0.29) is 18.0 Å². The number of carbonyl (C=O) groups is 1. The molecule has 0 unspecified atom stereocenters. The third-order valence-corrected chi connectivity index (χ3v) is 5.39. The molecule has 0 fully saturated rings. The molecule has 1 aromatic carbocycles. The van der Waals surface area contributed by atoms with Crippen LogP contribution in [0.5, 0.6) is 10.8 Å². The number of rotatable bonds is 6. The minimum atomic E-state index is -4.75. The average Bonchev–Trinajstić information content (AvgIpc) is 3.10. The van der Waals surface area contributed by atoms with Crippen LogP contribution in [0.1, 0.15) is 16.8 Å². The largest absolute Gasteiger partial charge is 0.573 e. The van der Waals surface area contributed by atoms with Crippen LogP contribution in [0.15, 0.2) is 23.6 Å². The van der Waals surface area contributed by atoms with Crippen molar-refractivity contribution in [2.45, 2.75) is 26.3 Å². The van der Waals surface area contributed by atoms with Gasteiger partial charge in [-0.3, -0.25) is 4.79 Å². The van der Waals surface area contributed by atoms with Gasteiger partial charge in [-0.05, 0) is 41.6 Å². The fourth-order valence-electron chi connectivity index (χ4n) is 3.07. The van der Waals surface area contributed by atoms with Crippen molar-refractivity contribution >= 4 is 39.8 Å². The maximum atomic E-state index is 12.4. The number of thiophene rings is 1. The van der Waals surface area contributed by atoms with Gasteiger partial charge in [0, 0.05) is 17.6 Å². The van der Waals surface area contributed by atoms with E-state index in [0.29, 0.717) is 38.5 Å². The smallest absolute Gasteiger partial charge is 0.495 e. The monoisotopic (exact) mass is 433 g/mol. The molecule has 10 heteroatoms. The number of aliphatic carboxylic acids is 1. The van der Waals surface area contributed by atoms with Crippen molar-refractivity contribution < 1.29 is 32.5 Å². The van der Waals surface area contributed by atoms with Crippen LogP contribution in [-0.4, -0.2) is 29.1 Å². The SMILES string of the molecule is COc1cc2c(CC(=O)O)c(C)n(Cc3csc(OC(F)(F)F)c3)c2cc1Cl. The number of hydrogen-bond donors (Lipinski definition) is 1. The lowest BCUT2D eigenvalue weighted by atomic mass is 10.1. The Hall–Kier alpha value is -2.39. The summed E-state index contributed by atoms with van der Waals surface area (Å²) in [5.41, 5.74) is 2.55. The van der Waals surface area contributed by atoms with E-state index in [2.05, 4.69) is 4.74 Å². The lowest BCUT2D eigenvalue weighted by Crippen LogP contribution is -2.16. The van der Waals surface area contributed by atoms with E-state index in [4.69, 9.17) is 16.3 Å². The third-order valence-electron chi connectivity index (χ3n) is 4.24. The Morgan fingerprint density at radius 3 is 2.64 bits per heavy atom. The Kier molecular flexibility index (Phi) is 5.49. The molecule has 0 saturated carbocycles. The number of benzene rings is 1. The summed E-state index contributed by atoms with van der Waals surface area (Å²) in [5.74, 6) is -0.582. The van der Waals surface area contributed by atoms with Crippen molar-refractivity contribution in [3.8, 4) is 10.8 Å². The molecular formula is C18H15ClF3NO4S. The van der Waals surface area contributed by atoms with Gasteiger partial charge < -0.3 is 19.1 Å². The fraction of sp³-hybridized carbons (Fsp3) is 0.278. The summed E-state index contributed by atoms with van der Waals surface area (Å²) in [5, 5.41) is 11.6. The molecule has 0 aliphatic heterocycles. The number of carboxylic acids is 1. The van der Waals surface area contributed by atoms with Crippen molar-refractivity contribution in [3.63, 3.8) is 0 Å². The first-order valence-electron chi connectivity index (χ1n) is 7.99. The van der Waals surface area contributed by atoms with Gasteiger partial charge in [0.1, 0.15) is 5.75 Å². The summed E-state index contributed by atoms with van der Waals surface area (Å²) >= 11 is 7.06. The van der Waals surface area contributed by atoms with Gasteiger partial charge in [-0.25, -0.2) is 0 Å². The number of nitrogens with zero attached hydrogens (tertiary/aromatic N) is 1. The van der Waals surface area contributed by atoms with Gasteiger partial charge in [0.15, 0.2) is 5.06 Å². The molecule has 1 N–H and O–H groups in total. The van der Waals surface area contributed by atoms with E-state index in [9.17, 15) is 23.1 Å². The van der Waals surface area contributed by atoms with Crippen molar-refractivity contribution in [3.05, 3.63) is 45.4 Å². The zero-order chi connectivity index (χ0) is 20.6. The Balaban J connectivity index is 2.06. The number of hydrogen-bond acceptors (Lipinski definition) is 4. The summed E-state index contributed by atoms with van der Waals surface area (Å²) in [6, 6.07) is 4.64. The topological polar surface area (TPSA) is 60.7 Å². The molecule has 0 spiro atoms. The summed E-state index contributed by atoms with van der Waals surface area (Å²) in [6.07, 6.45) is -4.96. The van der Waals surface area contributed by atoms with Crippen LogP contribution < -0.4 is 9.47 Å². The van der Waals surface area contributed by atoms with E-state index in [1.165, 1.54) is 13.2 Å². The minimum Gasteiger partial charge on any atom is -0.495 e. The predicted octanol–water partition coefficient (Wildman–Crippen LogP) is 5.25. The number of aromatic nitrogens is 1. The molecule has 0 atom stereocenters. The number of fused-ring (bicyclic) bond motifs is 1. The summed E-state index contributed by atoms with van der Waals surface area (Å²) in [6.45, 7) is 2.00. The second-order valence-corrected chi connectivity index (χ2v) is 7.33. The van der Waals surface area contributed by atoms with Gasteiger partial charge in [-0.2, -0.15) is 0 Å². The van der Waals surface area contributed by atoms with Gasteiger partial charge in [0.05, 0.1) is 24.1 Å². The number of methoxy groups -OCH3 is 1. The maximum Gasteiger partial charge on any atom is 0.573 e. The number of halogens is 4. The zero-order valence-electron chi connectivity index (χ0n) is 14.8. The van der Waals surface area contributed by atoms with E-state index >= 15 is 0 Å². The molecule has 3 aromatic rings. The number of alkyl halides is 3. The summed E-state index contributed by atoms with van der Waals surface area (Å²) in [4.78, 5) is 11.3. The Morgan fingerprint density at radius 2 is 2.04 bits per heavy atom. The molecule has 150 valence electrons. The summed E-state index contributed by atoms with van der Waals surface area (Å²) < 4.78 is 48.1. The molecule has 3 rings (SSSR count). The van der Waals surface area contributed by atoms with Gasteiger partial charge >= 0.3 is 12.3 Å². The van der Waals surface area contributed by atoms with E-state index < -0.39 is 12.3 Å².